The van der Waals surface area contributed by atoms with Gasteiger partial charge < -0.3 is 9.53 Å². The molecule has 1 aliphatic heterocycles. The molecule has 2 bridgehead atoms. The largest absolute Gasteiger partial charge is 0.465 e. The Labute approximate surface area is 189 Å². The molecule has 2 amide bonds. The number of imide groups is 1. The first kappa shape index (κ1) is 19.6. The van der Waals surface area contributed by atoms with E-state index in [1.54, 1.807) is 12.1 Å². The lowest BCUT2D eigenvalue weighted by Gasteiger charge is -2.51. The molecule has 0 N–H and O–H groups in total. The highest BCUT2D eigenvalue weighted by Crippen LogP contribution is 2.63. The van der Waals surface area contributed by atoms with Gasteiger partial charge in [-0.2, -0.15) is 0 Å². The zero-order chi connectivity index (χ0) is 22.9. The Balaban J connectivity index is 1.55. The molecule has 6 nitrogen and oxygen atoms in total. The molecular weight excluding hydrogens is 418 g/mol. The number of carbonyl (C=O) groups is 4. The summed E-state index contributed by atoms with van der Waals surface area (Å²) in [5, 5.41) is 0. The minimum Gasteiger partial charge on any atom is -0.465 e. The second-order valence-electron chi connectivity index (χ2n) is 8.69. The van der Waals surface area contributed by atoms with Crippen LogP contribution < -0.4 is 4.90 Å². The monoisotopic (exact) mass is 437 g/mol. The zero-order valence-corrected chi connectivity index (χ0v) is 17.7. The molecule has 7 rings (SSSR count). The van der Waals surface area contributed by atoms with Crippen molar-refractivity contribution in [3.05, 3.63) is 101 Å². The Morgan fingerprint density at radius 3 is 2.00 bits per heavy atom. The maximum Gasteiger partial charge on any atom is 0.337 e. The van der Waals surface area contributed by atoms with Crippen LogP contribution in [0.2, 0.25) is 0 Å². The average Bonchev–Trinajstić information content (AvgIpc) is 3.14. The number of hydrogen-bond donors (Lipinski definition) is 0. The van der Waals surface area contributed by atoms with Gasteiger partial charge in [-0.15, -0.1) is 0 Å². The van der Waals surface area contributed by atoms with Gasteiger partial charge in [0.2, 0.25) is 11.8 Å². The van der Waals surface area contributed by atoms with Crippen molar-refractivity contribution < 1.29 is 23.9 Å². The fourth-order valence-electron chi connectivity index (χ4n) is 6.15. The van der Waals surface area contributed by atoms with Crippen LogP contribution in [0.4, 0.5) is 5.69 Å². The summed E-state index contributed by atoms with van der Waals surface area (Å²) in [5.74, 6) is -3.02. The van der Waals surface area contributed by atoms with Crippen LogP contribution in [-0.4, -0.2) is 31.2 Å². The molecule has 3 aliphatic carbocycles. The third-order valence-corrected chi connectivity index (χ3v) is 7.42. The van der Waals surface area contributed by atoms with Gasteiger partial charge in [-0.25, -0.2) is 9.69 Å². The number of methoxy groups -OCH3 is 1. The van der Waals surface area contributed by atoms with E-state index >= 15 is 0 Å². The predicted octanol–water partition coefficient (Wildman–Crippen LogP) is 3.22. The van der Waals surface area contributed by atoms with Gasteiger partial charge in [0.1, 0.15) is 6.29 Å². The van der Waals surface area contributed by atoms with Crippen LogP contribution in [-0.2, 0) is 24.5 Å². The van der Waals surface area contributed by atoms with Crippen LogP contribution in [0, 0.1) is 11.8 Å². The van der Waals surface area contributed by atoms with Crippen molar-refractivity contribution in [2.45, 2.75) is 11.3 Å². The van der Waals surface area contributed by atoms with E-state index in [1.165, 1.54) is 24.1 Å². The van der Waals surface area contributed by atoms with Crippen molar-refractivity contribution in [3.8, 4) is 0 Å². The molecule has 6 heteroatoms. The Hall–Kier alpha value is -4.06. The summed E-state index contributed by atoms with van der Waals surface area (Å²) in [6.45, 7) is 0. The van der Waals surface area contributed by atoms with Crippen LogP contribution in [0.15, 0.2) is 72.8 Å². The molecule has 2 atom stereocenters. The highest BCUT2D eigenvalue weighted by molar-refractivity contribution is 6.24. The molecule has 0 aromatic heterocycles. The number of amides is 2. The maximum absolute atomic E-state index is 13.9. The standard InChI is InChI=1S/C27H19NO5/c1-33-26(32)15-10-12-16(13-11-15)28-24(30)22-21-17-6-2-4-8-19(17)27(14-29,23(22)25(28)31)20-9-5-3-7-18(20)21/h2-14,21-23H,1H3/t21?,22-,23+,27?/m1/s1. The molecule has 3 aromatic carbocycles. The second kappa shape index (κ2) is 6.72. The molecule has 33 heavy (non-hydrogen) atoms. The molecule has 4 aliphatic rings. The molecule has 0 radical (unpaired) electrons. The molecule has 0 saturated carbocycles. The van der Waals surface area contributed by atoms with Crippen molar-refractivity contribution in [2.75, 3.05) is 12.0 Å². The molecule has 162 valence electrons. The van der Waals surface area contributed by atoms with Crippen molar-refractivity contribution in [3.63, 3.8) is 0 Å². The van der Waals surface area contributed by atoms with E-state index in [0.29, 0.717) is 11.3 Å². The summed E-state index contributed by atoms with van der Waals surface area (Å²) in [5.41, 5.74) is 2.92. The number of benzene rings is 3. The molecular formula is C27H19NO5. The number of ether oxygens (including phenoxy) is 1. The summed E-state index contributed by atoms with van der Waals surface area (Å²) in [6, 6.07) is 21.4. The van der Waals surface area contributed by atoms with E-state index in [9.17, 15) is 19.2 Å². The summed E-state index contributed by atoms with van der Waals surface area (Å²) in [6.07, 6.45) is 0.854. The van der Waals surface area contributed by atoms with Gasteiger partial charge >= 0.3 is 5.97 Å². The fraction of sp³-hybridized carbons (Fsp3) is 0.185. The van der Waals surface area contributed by atoms with Crippen molar-refractivity contribution >= 4 is 29.8 Å². The van der Waals surface area contributed by atoms with Crippen molar-refractivity contribution in [1.29, 1.82) is 0 Å². The van der Waals surface area contributed by atoms with Gasteiger partial charge in [0.25, 0.3) is 0 Å². The van der Waals surface area contributed by atoms with E-state index < -0.39 is 29.1 Å². The number of anilines is 1. The first-order valence-electron chi connectivity index (χ1n) is 10.8. The normalized spacial score (nSPS) is 26.5. The average molecular weight is 437 g/mol. The number of esters is 1. The number of hydrogen-bond acceptors (Lipinski definition) is 5. The van der Waals surface area contributed by atoms with E-state index in [0.717, 1.165) is 28.5 Å². The summed E-state index contributed by atoms with van der Waals surface area (Å²) >= 11 is 0. The van der Waals surface area contributed by atoms with Gasteiger partial charge in [0.05, 0.1) is 35.6 Å². The Morgan fingerprint density at radius 2 is 1.45 bits per heavy atom. The Bertz CT molecular complexity index is 1310. The van der Waals surface area contributed by atoms with Gasteiger partial charge in [0.15, 0.2) is 0 Å². The van der Waals surface area contributed by atoms with Gasteiger partial charge in [-0.3, -0.25) is 9.59 Å². The third kappa shape index (κ3) is 2.27. The quantitative estimate of drug-likeness (QED) is 0.357. The SMILES string of the molecule is COC(=O)c1ccc(N2C(=O)[C@@H]3C4c5ccccc5C(C=O)(c5ccccc54)[C@@H]3C2=O)cc1. The first-order valence-corrected chi connectivity index (χ1v) is 10.8. The van der Waals surface area contributed by atoms with Crippen LogP contribution in [0.1, 0.15) is 38.5 Å². The lowest BCUT2D eigenvalue weighted by molar-refractivity contribution is -0.128. The first-order chi connectivity index (χ1) is 16.0. The molecule has 1 saturated heterocycles. The summed E-state index contributed by atoms with van der Waals surface area (Å²) < 4.78 is 4.73. The molecule has 0 spiro atoms. The predicted molar refractivity (Wildman–Crippen MR) is 119 cm³/mol. The molecule has 1 heterocycles. The fourth-order valence-corrected chi connectivity index (χ4v) is 6.15. The highest BCUT2D eigenvalue weighted by atomic mass is 16.5. The van der Waals surface area contributed by atoms with Gasteiger partial charge in [-0.1, -0.05) is 48.5 Å². The number of nitrogens with zero attached hydrogens (tertiary/aromatic N) is 1. The zero-order valence-electron chi connectivity index (χ0n) is 17.7. The maximum atomic E-state index is 13.9. The van der Waals surface area contributed by atoms with E-state index in [1.807, 2.05) is 48.5 Å². The van der Waals surface area contributed by atoms with E-state index in [4.69, 9.17) is 4.74 Å². The van der Waals surface area contributed by atoms with Crippen molar-refractivity contribution in [2.24, 2.45) is 11.8 Å². The smallest absolute Gasteiger partial charge is 0.337 e. The van der Waals surface area contributed by atoms with Gasteiger partial charge in [0, 0.05) is 5.92 Å². The minimum atomic E-state index is -1.22. The Morgan fingerprint density at radius 1 is 0.879 bits per heavy atom. The van der Waals surface area contributed by atoms with Crippen LogP contribution in [0.3, 0.4) is 0 Å². The highest BCUT2D eigenvalue weighted by Gasteiger charge is 2.68. The van der Waals surface area contributed by atoms with E-state index in [2.05, 4.69) is 0 Å². The second-order valence-corrected chi connectivity index (χ2v) is 8.69. The number of rotatable bonds is 3. The summed E-state index contributed by atoms with van der Waals surface area (Å²) in [7, 11) is 1.29. The topological polar surface area (TPSA) is 80.8 Å². The van der Waals surface area contributed by atoms with Gasteiger partial charge in [-0.05, 0) is 46.5 Å². The molecule has 3 aromatic rings. The van der Waals surface area contributed by atoms with Crippen molar-refractivity contribution in [1.82, 2.24) is 0 Å². The van der Waals surface area contributed by atoms with Crippen LogP contribution >= 0.6 is 0 Å². The lowest BCUT2D eigenvalue weighted by atomic mass is 9.48. The molecule has 1 fully saturated rings. The third-order valence-electron chi connectivity index (χ3n) is 7.42. The van der Waals surface area contributed by atoms with E-state index in [-0.39, 0.29) is 11.8 Å². The Kier molecular flexibility index (Phi) is 3.99. The number of carbonyl (C=O) groups excluding carboxylic acids is 4. The lowest BCUT2D eigenvalue weighted by Crippen LogP contribution is -2.54. The number of aldehydes is 1. The van der Waals surface area contributed by atoms with Crippen LogP contribution in [0.5, 0.6) is 0 Å². The summed E-state index contributed by atoms with van der Waals surface area (Å²) in [4.78, 5) is 53.5. The van der Waals surface area contributed by atoms with Crippen LogP contribution in [0.25, 0.3) is 0 Å². The minimum absolute atomic E-state index is 0.306. The molecule has 0 unspecified atom stereocenters.